The molecule has 130 valence electrons. The van der Waals surface area contributed by atoms with Gasteiger partial charge in [-0.25, -0.2) is 4.79 Å². The molecule has 4 nitrogen and oxygen atoms in total. The van der Waals surface area contributed by atoms with E-state index in [0.29, 0.717) is 35.1 Å². The van der Waals surface area contributed by atoms with Gasteiger partial charge < -0.3 is 9.15 Å². The predicted octanol–water partition coefficient (Wildman–Crippen LogP) is 4.72. The lowest BCUT2D eigenvalue weighted by Crippen LogP contribution is -2.23. The third-order valence-electron chi connectivity index (χ3n) is 4.39. The summed E-state index contributed by atoms with van der Waals surface area (Å²) < 4.78 is 10.7. The molecule has 2 unspecified atom stereocenters. The molecule has 1 aliphatic rings. The molecule has 1 aromatic heterocycles. The Morgan fingerprint density at radius 1 is 1.20 bits per heavy atom. The van der Waals surface area contributed by atoms with Crippen LogP contribution in [0.1, 0.15) is 41.1 Å². The molecule has 1 heterocycles. The highest BCUT2D eigenvalue weighted by molar-refractivity contribution is 6.30. The van der Waals surface area contributed by atoms with E-state index in [-0.39, 0.29) is 17.7 Å². The summed E-state index contributed by atoms with van der Waals surface area (Å²) in [5.41, 5.74) is 1.38. The van der Waals surface area contributed by atoms with Crippen molar-refractivity contribution in [3.8, 4) is 0 Å². The van der Waals surface area contributed by atoms with Gasteiger partial charge in [-0.1, -0.05) is 29.8 Å². The number of ether oxygens (including phenoxy) is 1. The maximum absolute atomic E-state index is 12.9. The predicted molar refractivity (Wildman–Crippen MR) is 94.8 cm³/mol. The molecule has 1 aromatic carbocycles. The van der Waals surface area contributed by atoms with E-state index in [2.05, 4.69) is 0 Å². The molecule has 0 N–H and O–H groups in total. The molecular weight excluding hydrogens is 340 g/mol. The van der Waals surface area contributed by atoms with Gasteiger partial charge in [0.2, 0.25) is 5.78 Å². The highest BCUT2D eigenvalue weighted by Gasteiger charge is 2.40. The fourth-order valence-corrected chi connectivity index (χ4v) is 3.37. The van der Waals surface area contributed by atoms with Crippen LogP contribution in [-0.4, -0.2) is 18.4 Å². The van der Waals surface area contributed by atoms with Crippen LogP contribution in [-0.2, 0) is 9.53 Å². The van der Waals surface area contributed by atoms with Gasteiger partial charge in [-0.05, 0) is 50.1 Å². The monoisotopic (exact) mass is 358 g/mol. The zero-order valence-electron chi connectivity index (χ0n) is 14.1. The van der Waals surface area contributed by atoms with Crippen LogP contribution in [0.3, 0.4) is 0 Å². The second-order valence-electron chi connectivity index (χ2n) is 6.03. The van der Waals surface area contributed by atoms with Crippen LogP contribution in [0, 0.1) is 12.8 Å². The van der Waals surface area contributed by atoms with Crippen molar-refractivity contribution in [2.24, 2.45) is 5.92 Å². The topological polar surface area (TPSA) is 56.5 Å². The first-order valence-corrected chi connectivity index (χ1v) is 8.62. The smallest absolute Gasteiger partial charge is 0.334 e. The minimum atomic E-state index is -0.397. The van der Waals surface area contributed by atoms with Gasteiger partial charge in [0.25, 0.3) is 0 Å². The van der Waals surface area contributed by atoms with E-state index in [1.54, 1.807) is 44.2 Å². The Kier molecular flexibility index (Phi) is 5.09. The first-order chi connectivity index (χ1) is 12.0. The summed E-state index contributed by atoms with van der Waals surface area (Å²) in [7, 11) is 0. The molecule has 0 amide bonds. The van der Waals surface area contributed by atoms with Crippen LogP contribution in [0.2, 0.25) is 5.02 Å². The average Bonchev–Trinajstić information content (AvgIpc) is 3.22. The van der Waals surface area contributed by atoms with Gasteiger partial charge in [0, 0.05) is 22.4 Å². The number of furan rings is 1. The lowest BCUT2D eigenvalue weighted by atomic mass is 9.81. The Labute approximate surface area is 151 Å². The van der Waals surface area contributed by atoms with E-state index in [1.807, 2.05) is 12.1 Å². The molecule has 0 saturated carbocycles. The second-order valence-corrected chi connectivity index (χ2v) is 6.46. The molecule has 0 aliphatic heterocycles. The first-order valence-electron chi connectivity index (χ1n) is 8.24. The van der Waals surface area contributed by atoms with Crippen LogP contribution in [0.25, 0.3) is 0 Å². The fraction of sp³-hybridized carbons (Fsp3) is 0.300. The Morgan fingerprint density at radius 3 is 2.52 bits per heavy atom. The Bertz CT molecular complexity index is 816. The second kappa shape index (κ2) is 7.28. The third-order valence-corrected chi connectivity index (χ3v) is 4.64. The molecular formula is C20H19ClO4. The van der Waals surface area contributed by atoms with Gasteiger partial charge in [-0.3, -0.25) is 4.79 Å². The maximum Gasteiger partial charge on any atom is 0.334 e. The normalized spacial score (nSPS) is 19.6. The van der Waals surface area contributed by atoms with Crippen LogP contribution in [0.5, 0.6) is 0 Å². The quantitative estimate of drug-likeness (QED) is 0.573. The number of carbonyl (C=O) groups excluding carboxylic acids is 2. The number of hydrogen-bond donors (Lipinski definition) is 0. The van der Waals surface area contributed by atoms with E-state index < -0.39 is 5.92 Å². The van der Waals surface area contributed by atoms with Crippen molar-refractivity contribution in [1.82, 2.24) is 0 Å². The molecule has 0 saturated heterocycles. The summed E-state index contributed by atoms with van der Waals surface area (Å²) >= 11 is 5.98. The van der Waals surface area contributed by atoms with Crippen molar-refractivity contribution in [2.75, 3.05) is 6.61 Å². The van der Waals surface area contributed by atoms with Crippen molar-refractivity contribution in [1.29, 1.82) is 0 Å². The summed E-state index contributed by atoms with van der Waals surface area (Å²) in [5, 5.41) is 0.605. The van der Waals surface area contributed by atoms with Gasteiger partial charge in [0.15, 0.2) is 5.76 Å². The van der Waals surface area contributed by atoms with Crippen molar-refractivity contribution in [3.63, 3.8) is 0 Å². The summed E-state index contributed by atoms with van der Waals surface area (Å²) in [6.07, 6.45) is 2.27. The number of Topliss-reactive ketones (excluding diaryl/α,β-unsaturated/α-hetero) is 1. The van der Waals surface area contributed by atoms with E-state index >= 15 is 0 Å². The van der Waals surface area contributed by atoms with Gasteiger partial charge in [0.05, 0.1) is 6.61 Å². The molecule has 1 aliphatic carbocycles. The molecule has 0 bridgehead atoms. The molecule has 3 rings (SSSR count). The number of rotatable bonds is 5. The molecule has 0 radical (unpaired) electrons. The Hall–Kier alpha value is -2.33. The summed E-state index contributed by atoms with van der Waals surface area (Å²) in [4.78, 5) is 25.3. The lowest BCUT2D eigenvalue weighted by Gasteiger charge is -2.21. The lowest BCUT2D eigenvalue weighted by molar-refractivity contribution is -0.138. The number of aryl methyl sites for hydroxylation is 1. The minimum absolute atomic E-state index is 0.108. The molecule has 2 aromatic rings. The minimum Gasteiger partial charge on any atom is -0.463 e. The Morgan fingerprint density at radius 2 is 1.92 bits per heavy atom. The standard InChI is InChI=1S/C20H19ClO4/c1-3-24-20(23)16-10-9-15(19(22)17-11-4-12(2)25-17)18(16)13-5-7-14(21)8-6-13/h4-8,10-11,15,18H,3,9H2,1-2H3. The van der Waals surface area contributed by atoms with Crippen LogP contribution < -0.4 is 0 Å². The van der Waals surface area contributed by atoms with E-state index in [4.69, 9.17) is 20.8 Å². The molecule has 5 heteroatoms. The molecule has 25 heavy (non-hydrogen) atoms. The molecule has 0 fully saturated rings. The van der Waals surface area contributed by atoms with Crippen molar-refractivity contribution >= 4 is 23.4 Å². The SMILES string of the molecule is CCOC(=O)C1=CCC(C(=O)c2ccc(C)o2)C1c1ccc(Cl)cc1. The highest BCUT2D eigenvalue weighted by Crippen LogP contribution is 2.42. The molecule has 0 spiro atoms. The highest BCUT2D eigenvalue weighted by atomic mass is 35.5. The number of hydrogen-bond acceptors (Lipinski definition) is 4. The van der Waals surface area contributed by atoms with Crippen molar-refractivity contribution in [3.05, 3.63) is 70.2 Å². The van der Waals surface area contributed by atoms with Crippen molar-refractivity contribution < 1.29 is 18.7 Å². The summed E-state index contributed by atoms with van der Waals surface area (Å²) in [6, 6.07) is 10.7. The third kappa shape index (κ3) is 3.54. The van der Waals surface area contributed by atoms with Gasteiger partial charge in [0.1, 0.15) is 5.76 Å². The largest absolute Gasteiger partial charge is 0.463 e. The summed E-state index contributed by atoms with van der Waals surface area (Å²) in [6.45, 7) is 3.85. The van der Waals surface area contributed by atoms with Gasteiger partial charge in [-0.15, -0.1) is 0 Å². The van der Waals surface area contributed by atoms with Crippen LogP contribution in [0.4, 0.5) is 0 Å². The number of halogens is 1. The average molecular weight is 359 g/mol. The zero-order chi connectivity index (χ0) is 18.0. The number of benzene rings is 1. The Balaban J connectivity index is 1.96. The summed E-state index contributed by atoms with van der Waals surface area (Å²) in [5.74, 6) is -0.250. The first kappa shape index (κ1) is 17.5. The fourth-order valence-electron chi connectivity index (χ4n) is 3.25. The number of carbonyl (C=O) groups is 2. The van der Waals surface area contributed by atoms with E-state index in [0.717, 1.165) is 5.56 Å². The maximum atomic E-state index is 12.9. The van der Waals surface area contributed by atoms with Gasteiger partial charge in [-0.2, -0.15) is 0 Å². The van der Waals surface area contributed by atoms with Crippen LogP contribution in [0.15, 0.2) is 52.5 Å². The number of esters is 1. The van der Waals surface area contributed by atoms with Crippen LogP contribution >= 0.6 is 11.6 Å². The number of allylic oxidation sites excluding steroid dienone is 1. The van der Waals surface area contributed by atoms with Gasteiger partial charge >= 0.3 is 5.97 Å². The zero-order valence-corrected chi connectivity index (χ0v) is 14.9. The van der Waals surface area contributed by atoms with E-state index in [9.17, 15) is 9.59 Å². The van der Waals surface area contributed by atoms with Crippen molar-refractivity contribution in [2.45, 2.75) is 26.2 Å². The number of ketones is 1. The molecule has 2 atom stereocenters. The van der Waals surface area contributed by atoms with E-state index in [1.165, 1.54) is 0 Å².